The highest BCUT2D eigenvalue weighted by molar-refractivity contribution is 7.13. The lowest BCUT2D eigenvalue weighted by Gasteiger charge is -2.34. The third kappa shape index (κ3) is 4.20. The molecule has 1 aliphatic rings. The molecular weight excluding hydrogens is 368 g/mol. The number of nitrogens with zero attached hydrogens (tertiary/aromatic N) is 4. The highest BCUT2D eigenvalue weighted by Crippen LogP contribution is 2.22. The van der Waals surface area contributed by atoms with Crippen molar-refractivity contribution in [1.29, 1.82) is 0 Å². The standard InChI is InChI=1S/C18H20N4O2S2/c23-17(6-5-14-3-1-11-25-14)22-9-7-21(8-10-22)13-16-19-18(24-20-16)15-4-2-12-26-15/h1-4,11-12H,5-10,13H2. The maximum absolute atomic E-state index is 12.4. The molecule has 0 spiro atoms. The predicted molar refractivity (Wildman–Crippen MR) is 102 cm³/mol. The van der Waals surface area contributed by atoms with Crippen molar-refractivity contribution in [2.75, 3.05) is 26.2 Å². The maximum Gasteiger partial charge on any atom is 0.268 e. The van der Waals surface area contributed by atoms with E-state index >= 15 is 0 Å². The van der Waals surface area contributed by atoms with Gasteiger partial charge in [0.25, 0.3) is 5.89 Å². The zero-order chi connectivity index (χ0) is 17.8. The molecule has 1 fully saturated rings. The van der Waals surface area contributed by atoms with E-state index in [-0.39, 0.29) is 5.91 Å². The molecule has 136 valence electrons. The average Bonchev–Trinajstić information content (AvgIpc) is 3.41. The molecule has 8 heteroatoms. The van der Waals surface area contributed by atoms with Gasteiger partial charge in [-0.1, -0.05) is 17.3 Å². The molecule has 0 N–H and O–H groups in total. The summed E-state index contributed by atoms with van der Waals surface area (Å²) in [6.45, 7) is 3.87. The lowest BCUT2D eigenvalue weighted by atomic mass is 10.2. The molecular formula is C18H20N4O2S2. The number of hydrogen-bond acceptors (Lipinski definition) is 7. The summed E-state index contributed by atoms with van der Waals surface area (Å²) in [5.74, 6) is 1.53. The van der Waals surface area contributed by atoms with Crippen LogP contribution in [0.1, 0.15) is 17.1 Å². The van der Waals surface area contributed by atoms with Crippen molar-refractivity contribution in [2.45, 2.75) is 19.4 Å². The molecule has 3 aromatic rings. The molecule has 0 aliphatic carbocycles. The Hall–Kier alpha value is -2.03. The minimum atomic E-state index is 0.248. The fraction of sp³-hybridized carbons (Fsp3) is 0.389. The quantitative estimate of drug-likeness (QED) is 0.649. The van der Waals surface area contributed by atoms with Crippen molar-refractivity contribution >= 4 is 28.6 Å². The molecule has 0 unspecified atom stereocenters. The first kappa shape index (κ1) is 17.4. The Bertz CT molecular complexity index is 821. The van der Waals surface area contributed by atoms with Gasteiger partial charge in [-0.25, -0.2) is 0 Å². The molecule has 1 saturated heterocycles. The Morgan fingerprint density at radius 3 is 2.65 bits per heavy atom. The molecule has 1 aliphatic heterocycles. The fourth-order valence-electron chi connectivity index (χ4n) is 3.02. The molecule has 0 aromatic carbocycles. The topological polar surface area (TPSA) is 62.5 Å². The Morgan fingerprint density at radius 2 is 1.92 bits per heavy atom. The van der Waals surface area contributed by atoms with Gasteiger partial charge in [-0.2, -0.15) is 4.98 Å². The van der Waals surface area contributed by atoms with Gasteiger partial charge in [0, 0.05) is 37.5 Å². The van der Waals surface area contributed by atoms with Crippen molar-refractivity contribution in [1.82, 2.24) is 19.9 Å². The summed E-state index contributed by atoms with van der Waals surface area (Å²) in [6, 6.07) is 8.07. The van der Waals surface area contributed by atoms with Crippen molar-refractivity contribution in [3.63, 3.8) is 0 Å². The van der Waals surface area contributed by atoms with Crippen LogP contribution >= 0.6 is 22.7 Å². The highest BCUT2D eigenvalue weighted by Gasteiger charge is 2.22. The smallest absolute Gasteiger partial charge is 0.268 e. The maximum atomic E-state index is 12.4. The van der Waals surface area contributed by atoms with Gasteiger partial charge < -0.3 is 9.42 Å². The molecule has 6 nitrogen and oxygen atoms in total. The minimum Gasteiger partial charge on any atom is -0.340 e. The lowest BCUT2D eigenvalue weighted by Crippen LogP contribution is -2.48. The first-order valence-electron chi connectivity index (χ1n) is 8.67. The molecule has 1 amide bonds. The summed E-state index contributed by atoms with van der Waals surface area (Å²) < 4.78 is 5.34. The zero-order valence-corrected chi connectivity index (χ0v) is 16.0. The van der Waals surface area contributed by atoms with Crippen LogP contribution in [0.25, 0.3) is 10.8 Å². The van der Waals surface area contributed by atoms with E-state index in [0.717, 1.165) is 37.5 Å². The summed E-state index contributed by atoms with van der Waals surface area (Å²) in [7, 11) is 0. The molecule has 4 rings (SSSR count). The SMILES string of the molecule is O=C(CCc1cccs1)N1CCN(Cc2noc(-c3cccs3)n2)CC1. The van der Waals surface area contributed by atoms with Crippen LogP contribution in [-0.4, -0.2) is 52.0 Å². The normalized spacial score (nSPS) is 15.5. The molecule has 4 heterocycles. The van der Waals surface area contributed by atoms with Gasteiger partial charge in [-0.3, -0.25) is 9.69 Å². The number of amides is 1. The second kappa shape index (κ2) is 8.11. The van der Waals surface area contributed by atoms with Gasteiger partial charge in [0.15, 0.2) is 5.82 Å². The van der Waals surface area contributed by atoms with Crippen molar-refractivity contribution in [3.8, 4) is 10.8 Å². The first-order valence-corrected chi connectivity index (χ1v) is 10.4. The number of carbonyl (C=O) groups is 1. The minimum absolute atomic E-state index is 0.248. The fourth-order valence-corrected chi connectivity index (χ4v) is 4.37. The molecule has 0 saturated carbocycles. The summed E-state index contributed by atoms with van der Waals surface area (Å²) in [4.78, 5) is 23.3. The summed E-state index contributed by atoms with van der Waals surface area (Å²) in [6.07, 6.45) is 1.43. The van der Waals surface area contributed by atoms with Gasteiger partial charge in [0.2, 0.25) is 5.91 Å². The molecule has 26 heavy (non-hydrogen) atoms. The van der Waals surface area contributed by atoms with E-state index in [1.54, 1.807) is 22.7 Å². The largest absolute Gasteiger partial charge is 0.340 e. The number of thiophene rings is 2. The van der Waals surface area contributed by atoms with Crippen molar-refractivity contribution in [2.24, 2.45) is 0 Å². The number of hydrogen-bond donors (Lipinski definition) is 0. The third-order valence-corrected chi connectivity index (χ3v) is 6.25. The van der Waals surface area contributed by atoms with Crippen molar-refractivity contribution < 1.29 is 9.32 Å². The lowest BCUT2D eigenvalue weighted by molar-refractivity contribution is -0.133. The van der Waals surface area contributed by atoms with E-state index in [9.17, 15) is 4.79 Å². The summed E-state index contributed by atoms with van der Waals surface area (Å²) >= 11 is 3.30. The predicted octanol–water partition coefficient (Wildman–Crippen LogP) is 3.14. The van der Waals surface area contributed by atoms with E-state index < -0.39 is 0 Å². The van der Waals surface area contributed by atoms with Crippen LogP contribution < -0.4 is 0 Å². The highest BCUT2D eigenvalue weighted by atomic mass is 32.1. The monoisotopic (exact) mass is 388 g/mol. The van der Waals surface area contributed by atoms with E-state index in [4.69, 9.17) is 4.52 Å². The van der Waals surface area contributed by atoms with Crippen LogP contribution in [-0.2, 0) is 17.8 Å². The second-order valence-corrected chi connectivity index (χ2v) is 8.21. The van der Waals surface area contributed by atoms with E-state index in [0.29, 0.717) is 24.7 Å². The molecule has 0 bridgehead atoms. The van der Waals surface area contributed by atoms with Crippen LogP contribution in [0.3, 0.4) is 0 Å². The first-order chi connectivity index (χ1) is 12.8. The Morgan fingerprint density at radius 1 is 1.12 bits per heavy atom. The Balaban J connectivity index is 1.24. The van der Waals surface area contributed by atoms with Crippen molar-refractivity contribution in [3.05, 3.63) is 45.7 Å². The van der Waals surface area contributed by atoms with Crippen LogP contribution in [0.15, 0.2) is 39.5 Å². The number of aromatic nitrogens is 2. The van der Waals surface area contributed by atoms with Crippen LogP contribution in [0.2, 0.25) is 0 Å². The van der Waals surface area contributed by atoms with Gasteiger partial charge >= 0.3 is 0 Å². The van der Waals surface area contributed by atoms with Gasteiger partial charge in [0.05, 0.1) is 11.4 Å². The van der Waals surface area contributed by atoms with Crippen LogP contribution in [0.5, 0.6) is 0 Å². The molecule has 0 atom stereocenters. The van der Waals surface area contributed by atoms with Gasteiger partial charge in [-0.05, 0) is 29.3 Å². The van der Waals surface area contributed by atoms with Crippen LogP contribution in [0, 0.1) is 0 Å². The molecule has 3 aromatic heterocycles. The molecule has 0 radical (unpaired) electrons. The Kier molecular flexibility index (Phi) is 5.42. The number of rotatable bonds is 6. The second-order valence-electron chi connectivity index (χ2n) is 6.23. The van der Waals surface area contributed by atoms with Crippen LogP contribution in [0.4, 0.5) is 0 Å². The van der Waals surface area contributed by atoms with E-state index in [2.05, 4.69) is 26.5 Å². The van der Waals surface area contributed by atoms with E-state index in [1.807, 2.05) is 28.5 Å². The third-order valence-electron chi connectivity index (χ3n) is 4.46. The summed E-state index contributed by atoms with van der Waals surface area (Å²) in [5, 5.41) is 8.13. The average molecular weight is 389 g/mol. The zero-order valence-electron chi connectivity index (χ0n) is 14.3. The Labute approximate surface area is 160 Å². The van der Waals surface area contributed by atoms with Gasteiger partial charge in [-0.15, -0.1) is 22.7 Å². The number of carbonyl (C=O) groups excluding carboxylic acids is 1. The van der Waals surface area contributed by atoms with E-state index in [1.165, 1.54) is 4.88 Å². The van der Waals surface area contributed by atoms with Gasteiger partial charge in [0.1, 0.15) is 0 Å². The number of aryl methyl sites for hydroxylation is 1. The number of piperazine rings is 1. The summed E-state index contributed by atoms with van der Waals surface area (Å²) in [5.41, 5.74) is 0.